The summed E-state index contributed by atoms with van der Waals surface area (Å²) in [6, 6.07) is 23.0. The van der Waals surface area contributed by atoms with Gasteiger partial charge < -0.3 is 19.2 Å². The van der Waals surface area contributed by atoms with Crippen molar-refractivity contribution in [3.63, 3.8) is 0 Å². The second-order valence-electron chi connectivity index (χ2n) is 9.63. The van der Waals surface area contributed by atoms with Gasteiger partial charge in [-0.1, -0.05) is 24.3 Å². The van der Waals surface area contributed by atoms with Crippen molar-refractivity contribution in [2.75, 3.05) is 19.0 Å². The van der Waals surface area contributed by atoms with E-state index in [1.54, 1.807) is 48.5 Å². The van der Waals surface area contributed by atoms with Crippen molar-refractivity contribution in [2.45, 2.75) is 0 Å². The van der Waals surface area contributed by atoms with Crippen molar-refractivity contribution in [2.24, 2.45) is 5.10 Å². The molecule has 0 fully saturated rings. The van der Waals surface area contributed by atoms with Gasteiger partial charge in [-0.25, -0.2) is 9.37 Å². The Bertz CT molecular complexity index is 2190. The number of para-hydroxylation sites is 1. The largest absolute Gasteiger partial charge is 0.496 e. The number of nitrogens with one attached hydrogen (secondary N) is 1. The number of hydrogen-bond acceptors (Lipinski definition) is 9. The van der Waals surface area contributed by atoms with Crippen LogP contribution in [0, 0.1) is 15.9 Å². The third-order valence-electron chi connectivity index (χ3n) is 6.68. The summed E-state index contributed by atoms with van der Waals surface area (Å²) in [6.07, 6.45) is 1.26. The minimum absolute atomic E-state index is 0.104. The quantitative estimate of drug-likeness (QED) is 0.124. The molecule has 0 spiro atoms. The molecule has 0 bridgehead atoms. The molecular formula is C32H22FN5O7. The third-order valence-corrected chi connectivity index (χ3v) is 6.68. The van der Waals surface area contributed by atoms with Crippen molar-refractivity contribution < 1.29 is 28.0 Å². The molecule has 1 N–H and O–H groups in total. The summed E-state index contributed by atoms with van der Waals surface area (Å²) < 4.78 is 31.3. The van der Waals surface area contributed by atoms with Gasteiger partial charge >= 0.3 is 5.69 Å². The molecule has 6 aromatic rings. The molecule has 2 aromatic heterocycles. The molecule has 0 saturated carbocycles. The molecule has 0 unspecified atom stereocenters. The van der Waals surface area contributed by atoms with Crippen LogP contribution >= 0.6 is 0 Å². The van der Waals surface area contributed by atoms with Crippen LogP contribution in [-0.2, 0) is 4.79 Å². The minimum atomic E-state index is -0.672. The number of anilines is 1. The maximum Gasteiger partial charge on any atom is 0.311 e. The number of halogens is 1. The molecule has 6 rings (SSSR count). The van der Waals surface area contributed by atoms with E-state index in [-0.39, 0.29) is 28.6 Å². The molecule has 13 heteroatoms. The first-order valence-electron chi connectivity index (χ1n) is 13.4. The molecule has 12 nitrogen and oxygen atoms in total. The normalized spacial score (nSPS) is 11.2. The van der Waals surface area contributed by atoms with Gasteiger partial charge in [-0.15, -0.1) is 0 Å². The lowest BCUT2D eigenvalue weighted by molar-refractivity contribution is -0.385. The fraction of sp³-hybridized carbons (Fsp3) is 0.0625. The monoisotopic (exact) mass is 607 g/mol. The highest BCUT2D eigenvalue weighted by Gasteiger charge is 2.19. The lowest BCUT2D eigenvalue weighted by atomic mass is 10.2. The van der Waals surface area contributed by atoms with Crippen LogP contribution < -0.4 is 20.3 Å². The standard InChI is InChI=1S/C32H22FN5O7/c1-43-26-10-5-11-27-23(26)16-29(45-27)31-36-24-9-3-2-8-22(24)32(40)37(31)34-17-19-12-13-28(25(14-19)38(41)42)44-18-30(39)35-21-7-4-6-20(33)15-21/h2-17H,18H2,1H3,(H,35,39). The molecule has 0 aliphatic carbocycles. The topological polar surface area (TPSA) is 151 Å². The van der Waals surface area contributed by atoms with Crippen LogP contribution in [0.25, 0.3) is 33.5 Å². The number of nitrogens with zero attached hydrogens (tertiary/aromatic N) is 4. The fourth-order valence-electron chi connectivity index (χ4n) is 4.62. The van der Waals surface area contributed by atoms with E-state index in [2.05, 4.69) is 15.4 Å². The van der Waals surface area contributed by atoms with Gasteiger partial charge in [0, 0.05) is 17.3 Å². The van der Waals surface area contributed by atoms with Crippen LogP contribution in [0.1, 0.15) is 5.56 Å². The summed E-state index contributed by atoms with van der Waals surface area (Å²) in [4.78, 5) is 41.6. The molecule has 0 radical (unpaired) electrons. The molecule has 4 aromatic carbocycles. The third kappa shape index (κ3) is 5.95. The Morgan fingerprint density at radius 2 is 1.87 bits per heavy atom. The van der Waals surface area contributed by atoms with Gasteiger partial charge in [-0.2, -0.15) is 9.78 Å². The van der Waals surface area contributed by atoms with Crippen LogP contribution in [0.5, 0.6) is 11.5 Å². The van der Waals surface area contributed by atoms with E-state index in [9.17, 15) is 24.1 Å². The highest BCUT2D eigenvalue weighted by Crippen LogP contribution is 2.33. The van der Waals surface area contributed by atoms with E-state index >= 15 is 0 Å². The van der Waals surface area contributed by atoms with Gasteiger partial charge in [0.2, 0.25) is 5.82 Å². The van der Waals surface area contributed by atoms with Crippen LogP contribution in [0.15, 0.2) is 105 Å². The maximum absolute atomic E-state index is 13.6. The molecule has 0 aliphatic heterocycles. The Balaban J connectivity index is 1.32. The predicted octanol–water partition coefficient (Wildman–Crippen LogP) is 5.77. The zero-order valence-electron chi connectivity index (χ0n) is 23.5. The molecule has 224 valence electrons. The number of nitro benzene ring substituents is 1. The first kappa shape index (κ1) is 28.7. The van der Waals surface area contributed by atoms with Gasteiger partial charge in [0.1, 0.15) is 17.1 Å². The Morgan fingerprint density at radius 3 is 2.67 bits per heavy atom. The van der Waals surface area contributed by atoms with Crippen molar-refractivity contribution in [1.82, 2.24) is 9.66 Å². The van der Waals surface area contributed by atoms with Gasteiger partial charge in [-0.05, 0) is 60.7 Å². The van der Waals surface area contributed by atoms with E-state index in [4.69, 9.17) is 13.9 Å². The molecule has 2 heterocycles. The highest BCUT2D eigenvalue weighted by atomic mass is 19.1. The number of fused-ring (bicyclic) bond motifs is 2. The van der Waals surface area contributed by atoms with Crippen molar-refractivity contribution in [3.8, 4) is 23.1 Å². The first-order valence-corrected chi connectivity index (χ1v) is 13.4. The zero-order valence-corrected chi connectivity index (χ0v) is 23.5. The Hall–Kier alpha value is -6.37. The Morgan fingerprint density at radius 1 is 1.04 bits per heavy atom. The molecule has 45 heavy (non-hydrogen) atoms. The highest BCUT2D eigenvalue weighted by molar-refractivity contribution is 5.92. The van der Waals surface area contributed by atoms with Crippen LogP contribution in [0.4, 0.5) is 15.8 Å². The Labute approximate surface area is 253 Å². The van der Waals surface area contributed by atoms with Crippen LogP contribution in [-0.4, -0.2) is 40.4 Å². The van der Waals surface area contributed by atoms with Gasteiger partial charge in [0.25, 0.3) is 11.5 Å². The summed E-state index contributed by atoms with van der Waals surface area (Å²) in [5.74, 6) is -0.421. The number of nitro groups is 1. The number of methoxy groups -OCH3 is 1. The number of furan rings is 1. The van der Waals surface area contributed by atoms with E-state index in [1.807, 2.05) is 0 Å². The SMILES string of the molecule is COc1cccc2oc(-c3nc4ccccc4c(=O)n3N=Cc3ccc(OCC(=O)Nc4cccc(F)c4)c([N+](=O)[O-])c3)cc12. The molecule has 0 aliphatic rings. The predicted molar refractivity (Wildman–Crippen MR) is 164 cm³/mol. The summed E-state index contributed by atoms with van der Waals surface area (Å²) in [5, 5.41) is 19.6. The number of amides is 1. The number of ether oxygens (including phenoxy) is 2. The second-order valence-corrected chi connectivity index (χ2v) is 9.63. The number of hydrogen-bond donors (Lipinski definition) is 1. The van der Waals surface area contributed by atoms with Crippen molar-refractivity contribution in [3.05, 3.63) is 123 Å². The molecule has 1 amide bonds. The lowest BCUT2D eigenvalue weighted by Gasteiger charge is -2.09. The summed E-state index contributed by atoms with van der Waals surface area (Å²) in [6.45, 7) is -0.561. The van der Waals surface area contributed by atoms with Crippen molar-refractivity contribution in [1.29, 1.82) is 0 Å². The van der Waals surface area contributed by atoms with Gasteiger partial charge in [0.15, 0.2) is 18.1 Å². The van der Waals surface area contributed by atoms with E-state index < -0.39 is 34.5 Å². The van der Waals surface area contributed by atoms with Gasteiger partial charge in [-0.3, -0.25) is 19.7 Å². The average molecular weight is 608 g/mol. The number of carbonyl (C=O) groups excluding carboxylic acids is 1. The minimum Gasteiger partial charge on any atom is -0.496 e. The Kier molecular flexibility index (Phi) is 7.72. The second kappa shape index (κ2) is 12.1. The summed E-state index contributed by atoms with van der Waals surface area (Å²) >= 11 is 0. The van der Waals surface area contributed by atoms with Crippen molar-refractivity contribution >= 4 is 45.4 Å². The maximum atomic E-state index is 13.6. The van der Waals surface area contributed by atoms with E-state index in [0.717, 1.165) is 10.7 Å². The number of aromatic nitrogens is 2. The lowest BCUT2D eigenvalue weighted by Crippen LogP contribution is -2.20. The number of benzene rings is 4. The molecule has 0 saturated heterocycles. The average Bonchev–Trinajstić information content (AvgIpc) is 3.48. The number of carbonyl (C=O) groups is 1. The van der Waals surface area contributed by atoms with Gasteiger partial charge in [0.05, 0.1) is 34.5 Å². The molecule has 0 atom stereocenters. The summed E-state index contributed by atoms with van der Waals surface area (Å²) in [7, 11) is 1.53. The number of rotatable bonds is 9. The molecular weight excluding hydrogens is 585 g/mol. The fourth-order valence-corrected chi connectivity index (χ4v) is 4.62. The van der Waals surface area contributed by atoms with Crippen LogP contribution in [0.3, 0.4) is 0 Å². The smallest absolute Gasteiger partial charge is 0.311 e. The van der Waals surface area contributed by atoms with Crippen LogP contribution in [0.2, 0.25) is 0 Å². The zero-order chi connectivity index (χ0) is 31.5. The van der Waals surface area contributed by atoms with E-state index in [0.29, 0.717) is 27.6 Å². The first-order chi connectivity index (χ1) is 21.8. The van der Waals surface area contributed by atoms with E-state index in [1.165, 1.54) is 49.7 Å². The summed E-state index contributed by atoms with van der Waals surface area (Å²) in [5.41, 5.74) is 0.483.